The third-order valence-electron chi connectivity index (χ3n) is 2.63. The van der Waals surface area contributed by atoms with Gasteiger partial charge in [0.2, 0.25) is 5.91 Å². The summed E-state index contributed by atoms with van der Waals surface area (Å²) in [6.07, 6.45) is -3.58. The van der Waals surface area contributed by atoms with E-state index in [1.54, 1.807) is 0 Å². The van der Waals surface area contributed by atoms with Crippen molar-refractivity contribution >= 4 is 5.91 Å². The fourth-order valence-corrected chi connectivity index (χ4v) is 1.44. The highest BCUT2D eigenvalue weighted by atomic mass is 16.3. The molecule has 0 saturated carbocycles. The van der Waals surface area contributed by atoms with E-state index in [1.807, 2.05) is 30.3 Å². The quantitative estimate of drug-likeness (QED) is 0.565. The SMILES string of the molecule is C[C@H](O)[C@@H](O)C[C@H](O)C(=O)NCc1ccccc1. The van der Waals surface area contributed by atoms with Crippen molar-refractivity contribution in [2.24, 2.45) is 0 Å². The average Bonchev–Trinajstić information content (AvgIpc) is 2.36. The van der Waals surface area contributed by atoms with Crippen LogP contribution in [-0.4, -0.2) is 39.5 Å². The number of benzene rings is 1. The maximum absolute atomic E-state index is 11.5. The molecule has 0 aliphatic rings. The van der Waals surface area contributed by atoms with E-state index in [4.69, 9.17) is 5.11 Å². The monoisotopic (exact) mass is 253 g/mol. The standard InChI is InChI=1S/C13H19NO4/c1-9(15)11(16)7-12(17)13(18)14-8-10-5-3-2-4-6-10/h2-6,9,11-12,15-17H,7-8H2,1H3,(H,14,18)/t9-,11-,12-/m0/s1. The molecule has 0 aromatic heterocycles. The van der Waals surface area contributed by atoms with Gasteiger partial charge in [0.1, 0.15) is 6.10 Å². The number of aliphatic hydroxyl groups is 3. The predicted octanol–water partition coefficient (Wildman–Crippen LogP) is -0.205. The highest BCUT2D eigenvalue weighted by molar-refractivity contribution is 5.80. The number of amides is 1. The van der Waals surface area contributed by atoms with Gasteiger partial charge in [0.15, 0.2) is 0 Å². The highest BCUT2D eigenvalue weighted by Gasteiger charge is 2.21. The minimum atomic E-state index is -1.32. The Morgan fingerprint density at radius 2 is 1.83 bits per heavy atom. The zero-order chi connectivity index (χ0) is 13.5. The molecule has 0 fully saturated rings. The summed E-state index contributed by atoms with van der Waals surface area (Å²) in [5.74, 6) is -0.557. The number of nitrogens with one attached hydrogen (secondary N) is 1. The van der Waals surface area contributed by atoms with E-state index in [2.05, 4.69) is 5.32 Å². The van der Waals surface area contributed by atoms with E-state index < -0.39 is 24.2 Å². The molecule has 1 amide bonds. The van der Waals surface area contributed by atoms with Gasteiger partial charge in [-0.2, -0.15) is 0 Å². The van der Waals surface area contributed by atoms with Crippen LogP contribution in [0, 0.1) is 0 Å². The number of hydrogen-bond donors (Lipinski definition) is 4. The Bertz CT molecular complexity index is 367. The lowest BCUT2D eigenvalue weighted by Crippen LogP contribution is -2.38. The molecule has 18 heavy (non-hydrogen) atoms. The van der Waals surface area contributed by atoms with E-state index in [1.165, 1.54) is 6.92 Å². The first-order chi connectivity index (χ1) is 8.50. The summed E-state index contributed by atoms with van der Waals surface area (Å²) in [5, 5.41) is 30.5. The molecule has 1 rings (SSSR count). The van der Waals surface area contributed by atoms with E-state index in [0.29, 0.717) is 6.54 Å². The summed E-state index contributed by atoms with van der Waals surface area (Å²) >= 11 is 0. The minimum Gasteiger partial charge on any atom is -0.391 e. The number of rotatable bonds is 6. The van der Waals surface area contributed by atoms with Crippen molar-refractivity contribution in [1.82, 2.24) is 5.32 Å². The molecular weight excluding hydrogens is 234 g/mol. The van der Waals surface area contributed by atoms with Crippen molar-refractivity contribution in [2.45, 2.75) is 38.2 Å². The summed E-state index contributed by atoms with van der Waals surface area (Å²) in [6, 6.07) is 9.30. The van der Waals surface area contributed by atoms with Gasteiger partial charge >= 0.3 is 0 Å². The first kappa shape index (κ1) is 14.6. The Kier molecular flexibility index (Phi) is 5.77. The van der Waals surface area contributed by atoms with E-state index in [9.17, 15) is 15.0 Å². The molecule has 0 unspecified atom stereocenters. The molecule has 0 heterocycles. The van der Waals surface area contributed by atoms with Crippen molar-refractivity contribution in [3.05, 3.63) is 35.9 Å². The Balaban J connectivity index is 2.36. The van der Waals surface area contributed by atoms with E-state index >= 15 is 0 Å². The normalized spacial score (nSPS) is 15.8. The first-order valence-electron chi connectivity index (χ1n) is 5.86. The third-order valence-corrected chi connectivity index (χ3v) is 2.63. The number of aliphatic hydroxyl groups excluding tert-OH is 3. The van der Waals surface area contributed by atoms with Crippen molar-refractivity contribution in [3.8, 4) is 0 Å². The molecular formula is C13H19NO4. The number of carbonyl (C=O) groups excluding carboxylic acids is 1. The molecule has 0 radical (unpaired) electrons. The summed E-state index contributed by atoms with van der Waals surface area (Å²) in [7, 11) is 0. The van der Waals surface area contributed by atoms with Crippen LogP contribution in [0.2, 0.25) is 0 Å². The van der Waals surface area contributed by atoms with Crippen molar-refractivity contribution in [2.75, 3.05) is 0 Å². The summed E-state index contributed by atoms with van der Waals surface area (Å²) in [4.78, 5) is 11.5. The molecule has 0 aliphatic carbocycles. The fourth-order valence-electron chi connectivity index (χ4n) is 1.44. The highest BCUT2D eigenvalue weighted by Crippen LogP contribution is 2.04. The zero-order valence-electron chi connectivity index (χ0n) is 10.3. The number of carbonyl (C=O) groups is 1. The zero-order valence-corrected chi connectivity index (χ0v) is 10.3. The first-order valence-corrected chi connectivity index (χ1v) is 5.86. The second-order valence-electron chi connectivity index (χ2n) is 4.26. The van der Waals surface area contributed by atoms with Gasteiger partial charge in [0, 0.05) is 13.0 Å². The second-order valence-corrected chi connectivity index (χ2v) is 4.26. The van der Waals surface area contributed by atoms with Crippen LogP contribution in [0.4, 0.5) is 0 Å². The predicted molar refractivity (Wildman–Crippen MR) is 66.6 cm³/mol. The van der Waals surface area contributed by atoms with Crippen molar-refractivity contribution < 1.29 is 20.1 Å². The van der Waals surface area contributed by atoms with Gasteiger partial charge in [0.05, 0.1) is 12.2 Å². The fraction of sp³-hybridized carbons (Fsp3) is 0.462. The maximum Gasteiger partial charge on any atom is 0.249 e. The Hall–Kier alpha value is -1.43. The molecule has 0 spiro atoms. The van der Waals surface area contributed by atoms with E-state index in [-0.39, 0.29) is 6.42 Å². The maximum atomic E-state index is 11.5. The second kappa shape index (κ2) is 7.10. The van der Waals surface area contributed by atoms with Gasteiger partial charge < -0.3 is 20.6 Å². The van der Waals surface area contributed by atoms with Crippen LogP contribution in [0.5, 0.6) is 0 Å². The summed E-state index contributed by atoms with van der Waals surface area (Å²) < 4.78 is 0. The van der Waals surface area contributed by atoms with Gasteiger partial charge in [-0.15, -0.1) is 0 Å². The van der Waals surface area contributed by atoms with Gasteiger partial charge in [-0.3, -0.25) is 4.79 Å². The lowest BCUT2D eigenvalue weighted by Gasteiger charge is -2.17. The van der Waals surface area contributed by atoms with Crippen LogP contribution < -0.4 is 5.32 Å². The molecule has 1 aromatic rings. The van der Waals surface area contributed by atoms with Crippen molar-refractivity contribution in [3.63, 3.8) is 0 Å². The van der Waals surface area contributed by atoms with Gasteiger partial charge in [-0.1, -0.05) is 30.3 Å². The van der Waals surface area contributed by atoms with Crippen LogP contribution in [0.1, 0.15) is 18.9 Å². The van der Waals surface area contributed by atoms with Crippen LogP contribution in [0.15, 0.2) is 30.3 Å². The Morgan fingerprint density at radius 3 is 2.39 bits per heavy atom. The molecule has 0 bridgehead atoms. The van der Waals surface area contributed by atoms with Crippen LogP contribution in [0.3, 0.4) is 0 Å². The summed E-state index contributed by atoms with van der Waals surface area (Å²) in [6.45, 7) is 1.72. The largest absolute Gasteiger partial charge is 0.391 e. The third kappa shape index (κ3) is 4.83. The molecule has 100 valence electrons. The smallest absolute Gasteiger partial charge is 0.249 e. The lowest BCUT2D eigenvalue weighted by atomic mass is 10.1. The Morgan fingerprint density at radius 1 is 1.22 bits per heavy atom. The molecule has 3 atom stereocenters. The van der Waals surface area contributed by atoms with Gasteiger partial charge in [-0.05, 0) is 12.5 Å². The van der Waals surface area contributed by atoms with Crippen LogP contribution >= 0.6 is 0 Å². The van der Waals surface area contributed by atoms with Crippen LogP contribution in [0.25, 0.3) is 0 Å². The molecule has 0 saturated heterocycles. The molecule has 5 heteroatoms. The molecule has 1 aromatic carbocycles. The molecule has 5 nitrogen and oxygen atoms in total. The van der Waals surface area contributed by atoms with Crippen LogP contribution in [-0.2, 0) is 11.3 Å². The minimum absolute atomic E-state index is 0.182. The molecule has 4 N–H and O–H groups in total. The summed E-state index contributed by atoms with van der Waals surface area (Å²) in [5.41, 5.74) is 0.925. The van der Waals surface area contributed by atoms with Gasteiger partial charge in [-0.25, -0.2) is 0 Å². The van der Waals surface area contributed by atoms with Gasteiger partial charge in [0.25, 0.3) is 0 Å². The van der Waals surface area contributed by atoms with Crippen molar-refractivity contribution in [1.29, 1.82) is 0 Å². The number of hydrogen-bond acceptors (Lipinski definition) is 4. The Labute approximate surface area is 106 Å². The average molecular weight is 253 g/mol. The van der Waals surface area contributed by atoms with E-state index in [0.717, 1.165) is 5.56 Å². The lowest BCUT2D eigenvalue weighted by molar-refractivity contribution is -0.132. The molecule has 0 aliphatic heterocycles. The topological polar surface area (TPSA) is 89.8 Å².